The third-order valence-electron chi connectivity index (χ3n) is 10.4. The predicted molar refractivity (Wildman–Crippen MR) is 167 cm³/mol. The normalized spacial score (nSPS) is 33.6. The monoisotopic (exact) mass is 666 g/mol. The van der Waals surface area contributed by atoms with Crippen LogP contribution in [-0.4, -0.2) is 78.0 Å². The maximum atomic E-state index is 13.3. The summed E-state index contributed by atoms with van der Waals surface area (Å²) in [6.07, 6.45) is 2.30. The molecule has 2 fully saturated rings. The van der Waals surface area contributed by atoms with E-state index in [4.69, 9.17) is 35.3 Å². The van der Waals surface area contributed by atoms with Gasteiger partial charge in [0.2, 0.25) is 0 Å². The van der Waals surface area contributed by atoms with Gasteiger partial charge in [0.1, 0.15) is 31.5 Å². The average molecular weight is 667 g/mol. The first-order valence-corrected chi connectivity index (χ1v) is 16.2. The third kappa shape index (κ3) is 7.20. The molecule has 0 unspecified atom stereocenters. The molecule has 0 aromatic carbocycles. The summed E-state index contributed by atoms with van der Waals surface area (Å²) in [7, 11) is 0. The second-order valence-electron chi connectivity index (χ2n) is 13.1. The Bertz CT molecular complexity index is 1320. The molecule has 2 aliphatic carbocycles. The molecule has 0 bridgehead atoms. The fourth-order valence-electron chi connectivity index (χ4n) is 7.47. The second-order valence-corrected chi connectivity index (χ2v) is 13.3. The van der Waals surface area contributed by atoms with Crippen molar-refractivity contribution in [3.05, 3.63) is 34.9 Å². The van der Waals surface area contributed by atoms with Gasteiger partial charge in [0.05, 0.1) is 16.9 Å². The molecule has 2 saturated carbocycles. The van der Waals surface area contributed by atoms with E-state index in [0.717, 1.165) is 0 Å². The molecule has 8 atom stereocenters. The largest absolute Gasteiger partial charge is 0.465 e. The van der Waals surface area contributed by atoms with Crippen LogP contribution in [0, 0.1) is 22.7 Å². The predicted octanol–water partition coefficient (Wildman–Crippen LogP) is 4.52. The van der Waals surface area contributed by atoms with E-state index in [1.807, 2.05) is 13.8 Å². The zero-order valence-corrected chi connectivity index (χ0v) is 28.7. The Morgan fingerprint density at radius 3 is 2.22 bits per heavy atom. The number of cyclic esters (lactones) is 1. The topological polar surface area (TPSA) is 152 Å². The molecule has 11 nitrogen and oxygen atoms in total. The molecule has 0 amide bonds. The smallest absolute Gasteiger partial charge is 0.333 e. The molecule has 46 heavy (non-hydrogen) atoms. The quantitative estimate of drug-likeness (QED) is 0.143. The lowest BCUT2D eigenvalue weighted by Gasteiger charge is -2.67. The Hall–Kier alpha value is -3.18. The number of rotatable bonds is 11. The molecule has 1 heterocycles. The number of esters is 5. The van der Waals surface area contributed by atoms with Crippen LogP contribution in [0.2, 0.25) is 0 Å². The van der Waals surface area contributed by atoms with Gasteiger partial charge < -0.3 is 28.8 Å². The maximum absolute atomic E-state index is 13.3. The summed E-state index contributed by atoms with van der Waals surface area (Å²) in [6.45, 7) is 12.5. The number of carbonyl (C=O) groups is 5. The van der Waals surface area contributed by atoms with Crippen LogP contribution in [0.3, 0.4) is 0 Å². The molecule has 1 aliphatic heterocycles. The molecule has 0 aromatic heterocycles. The van der Waals surface area contributed by atoms with Crippen molar-refractivity contribution < 1.29 is 52.8 Å². The molecular formula is C34H47ClO11. The Balaban J connectivity index is 2.33. The van der Waals surface area contributed by atoms with Gasteiger partial charge in [-0.15, -0.1) is 11.6 Å². The van der Waals surface area contributed by atoms with Crippen molar-refractivity contribution in [3.63, 3.8) is 0 Å². The highest BCUT2D eigenvalue weighted by Crippen LogP contribution is 2.66. The van der Waals surface area contributed by atoms with Gasteiger partial charge in [-0.3, -0.25) is 9.59 Å². The molecule has 0 radical (unpaired) electrons. The molecule has 0 spiro atoms. The number of fused-ring (bicyclic) bond motifs is 1. The van der Waals surface area contributed by atoms with Crippen molar-refractivity contribution in [3.8, 4) is 0 Å². The minimum atomic E-state index is -1.74. The van der Waals surface area contributed by atoms with Gasteiger partial charge in [-0.1, -0.05) is 26.0 Å². The van der Waals surface area contributed by atoms with Crippen LogP contribution in [0.5, 0.6) is 0 Å². The van der Waals surface area contributed by atoms with Crippen molar-refractivity contribution in [1.82, 2.24) is 0 Å². The van der Waals surface area contributed by atoms with Crippen LogP contribution in [-0.2, 0) is 47.7 Å². The van der Waals surface area contributed by atoms with Crippen molar-refractivity contribution in [2.75, 3.05) is 19.1 Å². The van der Waals surface area contributed by atoms with Gasteiger partial charge in [0, 0.05) is 42.6 Å². The highest BCUT2D eigenvalue weighted by atomic mass is 35.5. The molecule has 0 saturated heterocycles. The van der Waals surface area contributed by atoms with Crippen LogP contribution in [0.15, 0.2) is 34.9 Å². The summed E-state index contributed by atoms with van der Waals surface area (Å²) in [6, 6.07) is 0. The van der Waals surface area contributed by atoms with Crippen LogP contribution >= 0.6 is 11.6 Å². The van der Waals surface area contributed by atoms with E-state index in [9.17, 15) is 29.1 Å². The zero-order chi connectivity index (χ0) is 34.6. The molecule has 256 valence electrons. The Morgan fingerprint density at radius 1 is 1.07 bits per heavy atom. The second kappa shape index (κ2) is 14.7. The summed E-state index contributed by atoms with van der Waals surface area (Å²) in [5.41, 5.74) is -3.08. The van der Waals surface area contributed by atoms with E-state index < -0.39 is 70.5 Å². The number of hydrogen-bond acceptors (Lipinski definition) is 11. The van der Waals surface area contributed by atoms with Gasteiger partial charge in [0.15, 0.2) is 0 Å². The summed E-state index contributed by atoms with van der Waals surface area (Å²) in [5.74, 6) is -4.41. The standard InChI is InChI=1S/C34H47ClO11/c1-9-19(3)30(39)45-25-11-12-33(41,17-35)34(18-43-22(6)36)27(44-23(7)37)13-21(5)32(8,29(25)34)15-26(24-14-28(38)42-16-24)46-31(40)20(4)10-2/h9-10,14,21,25-27,29,41H,11-13,15-18H2,1-8H3/b19-9+,20-10+/t21-,25-,26+,27+,29-,32+,33+,34-/m1/s1. The number of ether oxygens (including phenoxy) is 5. The summed E-state index contributed by atoms with van der Waals surface area (Å²) in [4.78, 5) is 63.5. The first kappa shape index (κ1) is 37.3. The minimum Gasteiger partial charge on any atom is -0.465 e. The third-order valence-corrected chi connectivity index (χ3v) is 10.8. The zero-order valence-electron chi connectivity index (χ0n) is 28.0. The lowest BCUT2D eigenvalue weighted by atomic mass is 9.41. The average Bonchev–Trinajstić information content (AvgIpc) is 3.44. The number of alkyl halides is 1. The van der Waals surface area contributed by atoms with E-state index in [0.29, 0.717) is 16.7 Å². The van der Waals surface area contributed by atoms with E-state index in [1.54, 1.807) is 39.8 Å². The van der Waals surface area contributed by atoms with E-state index in [-0.39, 0.29) is 50.7 Å². The van der Waals surface area contributed by atoms with Gasteiger partial charge in [-0.25, -0.2) is 14.4 Å². The van der Waals surface area contributed by atoms with Crippen molar-refractivity contribution in [2.24, 2.45) is 22.7 Å². The van der Waals surface area contributed by atoms with E-state index in [2.05, 4.69) is 0 Å². The van der Waals surface area contributed by atoms with E-state index >= 15 is 0 Å². The van der Waals surface area contributed by atoms with E-state index in [1.165, 1.54) is 19.9 Å². The Kier molecular flexibility index (Phi) is 11.9. The molecular weight excluding hydrogens is 620 g/mol. The van der Waals surface area contributed by atoms with Gasteiger partial charge in [-0.05, 0) is 64.7 Å². The Morgan fingerprint density at radius 2 is 1.70 bits per heavy atom. The number of allylic oxidation sites excluding steroid dienone is 2. The number of aliphatic hydroxyl groups is 1. The number of hydrogen-bond donors (Lipinski definition) is 1. The summed E-state index contributed by atoms with van der Waals surface area (Å²) < 4.78 is 29.0. The maximum Gasteiger partial charge on any atom is 0.333 e. The van der Waals surface area contributed by atoms with Crippen LogP contribution in [0.1, 0.15) is 81.1 Å². The SMILES string of the molecule is C/C=C(\C)C(=O)O[C@@H](C[C@@]1(C)[C@H](C)C[C@H](OC(C)=O)[C@]2(COC(C)=O)[C@@H]1[C@H](OC(=O)/C(C)=C/C)CC[C@]2(O)CCl)C1=CC(=O)OC1. The fourth-order valence-corrected chi connectivity index (χ4v) is 7.85. The lowest BCUT2D eigenvalue weighted by molar-refractivity contribution is -0.293. The molecule has 12 heteroatoms. The summed E-state index contributed by atoms with van der Waals surface area (Å²) >= 11 is 6.56. The van der Waals surface area contributed by atoms with Crippen molar-refractivity contribution in [1.29, 1.82) is 0 Å². The van der Waals surface area contributed by atoms with Gasteiger partial charge in [-0.2, -0.15) is 0 Å². The first-order valence-electron chi connectivity index (χ1n) is 15.6. The fraction of sp³-hybridized carbons (Fsp3) is 0.676. The van der Waals surface area contributed by atoms with Gasteiger partial charge in [0.25, 0.3) is 0 Å². The number of halogens is 1. The highest BCUT2D eigenvalue weighted by molar-refractivity contribution is 6.18. The van der Waals surface area contributed by atoms with Gasteiger partial charge >= 0.3 is 29.8 Å². The van der Waals surface area contributed by atoms with Crippen molar-refractivity contribution >= 4 is 41.4 Å². The van der Waals surface area contributed by atoms with Crippen LogP contribution < -0.4 is 0 Å². The first-order chi connectivity index (χ1) is 21.5. The van der Waals surface area contributed by atoms with Crippen LogP contribution in [0.25, 0.3) is 0 Å². The number of carbonyl (C=O) groups excluding carboxylic acids is 5. The molecule has 3 rings (SSSR count). The highest BCUT2D eigenvalue weighted by Gasteiger charge is 2.73. The van der Waals surface area contributed by atoms with Crippen LogP contribution in [0.4, 0.5) is 0 Å². The molecule has 0 aromatic rings. The lowest BCUT2D eigenvalue weighted by Crippen LogP contribution is -2.74. The molecule has 1 N–H and O–H groups in total. The van der Waals surface area contributed by atoms with Crippen molar-refractivity contribution in [2.45, 2.75) is 105 Å². The Labute approximate surface area is 275 Å². The molecule has 3 aliphatic rings. The minimum absolute atomic E-state index is 0.0513. The summed E-state index contributed by atoms with van der Waals surface area (Å²) in [5, 5.41) is 12.4.